The maximum Gasteiger partial charge on any atom is 0.357 e. The van der Waals surface area contributed by atoms with E-state index < -0.39 is 5.97 Å². The summed E-state index contributed by atoms with van der Waals surface area (Å²) in [6, 6.07) is 7.90. The molecule has 0 atom stereocenters. The maximum atomic E-state index is 10.7. The second-order valence-electron chi connectivity index (χ2n) is 3.97. The molecule has 90 valence electrons. The molecule has 1 aromatic carbocycles. The molecule has 5 heteroatoms. The van der Waals surface area contributed by atoms with Crippen molar-refractivity contribution in [1.29, 1.82) is 0 Å². The van der Waals surface area contributed by atoms with Crippen molar-refractivity contribution in [2.45, 2.75) is 6.42 Å². The molecule has 0 fully saturated rings. The number of hydrogen-bond acceptors (Lipinski definition) is 3. The summed E-state index contributed by atoms with van der Waals surface area (Å²) in [5.74, 6) is -0.680. The second kappa shape index (κ2) is 4.03. The molecule has 0 aliphatic rings. The number of fused-ring (bicyclic) bond motifs is 1. The fourth-order valence-corrected chi connectivity index (χ4v) is 1.93. The molecule has 0 aliphatic heterocycles. The summed E-state index contributed by atoms with van der Waals surface area (Å²) in [4.78, 5) is 17.8. The largest absolute Gasteiger partial charge is 0.476 e. The van der Waals surface area contributed by atoms with E-state index in [1.165, 1.54) is 0 Å². The molecule has 0 amide bonds. The van der Waals surface area contributed by atoms with Gasteiger partial charge in [0.25, 0.3) is 0 Å². The fourth-order valence-electron chi connectivity index (χ4n) is 1.93. The van der Waals surface area contributed by atoms with E-state index in [-0.39, 0.29) is 5.69 Å². The van der Waals surface area contributed by atoms with E-state index in [1.807, 2.05) is 30.5 Å². The van der Waals surface area contributed by atoms with Crippen molar-refractivity contribution >= 4 is 16.9 Å². The summed E-state index contributed by atoms with van der Waals surface area (Å²) in [7, 11) is 0. The van der Waals surface area contributed by atoms with Crippen molar-refractivity contribution in [3.8, 4) is 0 Å². The number of hydrogen-bond donors (Lipinski definition) is 2. The van der Waals surface area contributed by atoms with Crippen LogP contribution in [0.2, 0.25) is 0 Å². The number of carbonyl (C=O) groups is 1. The SMILES string of the molecule is O=C(O)c1coc(Cc2c[nH]c3ccccc23)n1. The summed E-state index contributed by atoms with van der Waals surface area (Å²) in [5, 5.41) is 9.86. The number of benzene rings is 1. The summed E-state index contributed by atoms with van der Waals surface area (Å²) in [6.45, 7) is 0. The maximum absolute atomic E-state index is 10.7. The quantitative estimate of drug-likeness (QED) is 0.739. The Balaban J connectivity index is 1.93. The molecule has 3 aromatic rings. The Kier molecular flexibility index (Phi) is 2.37. The van der Waals surface area contributed by atoms with Crippen LogP contribution in [0.15, 0.2) is 41.1 Å². The number of carboxylic acid groups (broad SMARTS) is 1. The molecule has 3 rings (SSSR count). The van der Waals surface area contributed by atoms with Crippen LogP contribution in [0.4, 0.5) is 0 Å². The first kappa shape index (κ1) is 10.6. The smallest absolute Gasteiger partial charge is 0.357 e. The number of aromatic carboxylic acids is 1. The van der Waals surface area contributed by atoms with Gasteiger partial charge in [-0.1, -0.05) is 18.2 Å². The molecule has 0 unspecified atom stereocenters. The molecule has 5 nitrogen and oxygen atoms in total. The first-order valence-corrected chi connectivity index (χ1v) is 5.47. The number of aromatic nitrogens is 2. The average Bonchev–Trinajstić information content (AvgIpc) is 2.98. The lowest BCUT2D eigenvalue weighted by Crippen LogP contribution is -1.96. The topological polar surface area (TPSA) is 79.1 Å². The summed E-state index contributed by atoms with van der Waals surface area (Å²) in [5.41, 5.74) is 2.01. The third kappa shape index (κ3) is 1.75. The normalized spacial score (nSPS) is 10.9. The predicted molar refractivity (Wildman–Crippen MR) is 64.6 cm³/mol. The van der Waals surface area contributed by atoms with Gasteiger partial charge in [-0.2, -0.15) is 0 Å². The van der Waals surface area contributed by atoms with Crippen LogP contribution in [0.3, 0.4) is 0 Å². The molecule has 0 spiro atoms. The first-order valence-electron chi connectivity index (χ1n) is 5.47. The molecule has 0 aliphatic carbocycles. The number of nitrogens with zero attached hydrogens (tertiary/aromatic N) is 1. The highest BCUT2D eigenvalue weighted by atomic mass is 16.4. The van der Waals surface area contributed by atoms with Crippen LogP contribution in [0.25, 0.3) is 10.9 Å². The minimum absolute atomic E-state index is 0.0650. The van der Waals surface area contributed by atoms with Gasteiger partial charge in [0, 0.05) is 17.1 Å². The zero-order valence-corrected chi connectivity index (χ0v) is 9.38. The summed E-state index contributed by atoms with van der Waals surface area (Å²) < 4.78 is 5.14. The minimum Gasteiger partial charge on any atom is -0.476 e. The van der Waals surface area contributed by atoms with Crippen molar-refractivity contribution in [3.63, 3.8) is 0 Å². The van der Waals surface area contributed by atoms with Gasteiger partial charge in [0.2, 0.25) is 0 Å². The monoisotopic (exact) mass is 242 g/mol. The molecule has 18 heavy (non-hydrogen) atoms. The number of aromatic amines is 1. The van der Waals surface area contributed by atoms with Crippen LogP contribution in [-0.2, 0) is 6.42 Å². The Bertz CT molecular complexity index is 712. The van der Waals surface area contributed by atoms with Gasteiger partial charge >= 0.3 is 5.97 Å². The number of rotatable bonds is 3. The van der Waals surface area contributed by atoms with Gasteiger partial charge in [-0.25, -0.2) is 9.78 Å². The molecule has 2 N–H and O–H groups in total. The number of H-pyrrole nitrogens is 1. The van der Waals surface area contributed by atoms with Gasteiger partial charge in [0.1, 0.15) is 6.26 Å². The van der Waals surface area contributed by atoms with Gasteiger partial charge in [0.05, 0.1) is 6.42 Å². The van der Waals surface area contributed by atoms with E-state index in [9.17, 15) is 4.79 Å². The van der Waals surface area contributed by atoms with Crippen LogP contribution < -0.4 is 0 Å². The predicted octanol–water partition coefficient (Wildman–Crippen LogP) is 2.44. The third-order valence-electron chi connectivity index (χ3n) is 2.79. The summed E-state index contributed by atoms with van der Waals surface area (Å²) in [6.07, 6.45) is 3.51. The van der Waals surface area contributed by atoms with Crippen LogP contribution in [0.5, 0.6) is 0 Å². The third-order valence-corrected chi connectivity index (χ3v) is 2.79. The van der Waals surface area contributed by atoms with E-state index in [2.05, 4.69) is 9.97 Å². The van der Waals surface area contributed by atoms with Crippen LogP contribution in [-0.4, -0.2) is 21.0 Å². The highest BCUT2D eigenvalue weighted by Crippen LogP contribution is 2.20. The van der Waals surface area contributed by atoms with Crippen molar-refractivity contribution in [1.82, 2.24) is 9.97 Å². The van der Waals surface area contributed by atoms with Crippen LogP contribution >= 0.6 is 0 Å². The molecule has 2 heterocycles. The number of oxazole rings is 1. The van der Waals surface area contributed by atoms with E-state index in [0.717, 1.165) is 22.7 Å². The summed E-state index contributed by atoms with van der Waals surface area (Å²) >= 11 is 0. The Labute approximate surface area is 102 Å². The average molecular weight is 242 g/mol. The molecular formula is C13H10N2O3. The Morgan fingerprint density at radius 3 is 3.00 bits per heavy atom. The van der Waals surface area contributed by atoms with Crippen molar-refractivity contribution in [2.75, 3.05) is 0 Å². The lowest BCUT2D eigenvalue weighted by atomic mass is 10.1. The van der Waals surface area contributed by atoms with Gasteiger partial charge in [-0.15, -0.1) is 0 Å². The van der Waals surface area contributed by atoms with Crippen molar-refractivity contribution in [3.05, 3.63) is 53.9 Å². The van der Waals surface area contributed by atoms with Gasteiger partial charge < -0.3 is 14.5 Å². The standard InChI is InChI=1S/C13H10N2O3/c16-13(17)11-7-18-12(15-11)5-8-6-14-10-4-2-1-3-9(8)10/h1-4,6-7,14H,5H2,(H,16,17). The molecule has 0 radical (unpaired) electrons. The zero-order chi connectivity index (χ0) is 12.5. The van der Waals surface area contributed by atoms with E-state index in [1.54, 1.807) is 0 Å². The molecular weight excluding hydrogens is 232 g/mol. The zero-order valence-electron chi connectivity index (χ0n) is 9.38. The first-order chi connectivity index (χ1) is 8.74. The van der Waals surface area contributed by atoms with Gasteiger partial charge in [-0.3, -0.25) is 0 Å². The van der Waals surface area contributed by atoms with E-state index in [0.29, 0.717) is 12.3 Å². The molecule has 2 aromatic heterocycles. The highest BCUT2D eigenvalue weighted by molar-refractivity contribution is 5.85. The van der Waals surface area contributed by atoms with Crippen molar-refractivity contribution in [2.24, 2.45) is 0 Å². The Morgan fingerprint density at radius 1 is 1.39 bits per heavy atom. The van der Waals surface area contributed by atoms with E-state index in [4.69, 9.17) is 9.52 Å². The van der Waals surface area contributed by atoms with Crippen LogP contribution in [0.1, 0.15) is 21.9 Å². The lowest BCUT2D eigenvalue weighted by molar-refractivity contribution is 0.0690. The van der Waals surface area contributed by atoms with E-state index >= 15 is 0 Å². The lowest BCUT2D eigenvalue weighted by Gasteiger charge is -1.94. The highest BCUT2D eigenvalue weighted by Gasteiger charge is 2.12. The van der Waals surface area contributed by atoms with Gasteiger partial charge in [0.15, 0.2) is 11.6 Å². The van der Waals surface area contributed by atoms with Crippen molar-refractivity contribution < 1.29 is 14.3 Å². The molecule has 0 saturated carbocycles. The second-order valence-corrected chi connectivity index (χ2v) is 3.97. The Hall–Kier alpha value is -2.56. The van der Waals surface area contributed by atoms with Gasteiger partial charge in [-0.05, 0) is 11.6 Å². The minimum atomic E-state index is -1.08. The number of carboxylic acids is 1. The van der Waals surface area contributed by atoms with Crippen LogP contribution in [0, 0.1) is 0 Å². The Morgan fingerprint density at radius 2 is 2.22 bits per heavy atom. The number of nitrogens with one attached hydrogen (secondary N) is 1. The fraction of sp³-hybridized carbons (Fsp3) is 0.0769. The number of para-hydroxylation sites is 1. The molecule has 0 bridgehead atoms. The molecule has 0 saturated heterocycles.